The normalized spacial score (nSPS) is 10.9. The van der Waals surface area contributed by atoms with E-state index in [4.69, 9.17) is 5.73 Å². The smallest absolute Gasteiger partial charge is 0.221 e. The fraction of sp³-hybridized carbons (Fsp3) is 0.118. The van der Waals surface area contributed by atoms with Crippen LogP contribution in [0.15, 0.2) is 54.7 Å². The van der Waals surface area contributed by atoms with Gasteiger partial charge in [-0.2, -0.15) is 0 Å². The fourth-order valence-electron chi connectivity index (χ4n) is 2.57. The lowest BCUT2D eigenvalue weighted by Gasteiger charge is -2.05. The van der Waals surface area contributed by atoms with Crippen LogP contribution in [0.4, 0.5) is 4.39 Å². The van der Waals surface area contributed by atoms with Crippen molar-refractivity contribution >= 4 is 16.8 Å². The third-order valence-electron chi connectivity index (χ3n) is 3.50. The Hall–Kier alpha value is -2.62. The maximum absolute atomic E-state index is 13.0. The van der Waals surface area contributed by atoms with Crippen LogP contribution in [-0.4, -0.2) is 10.5 Å². The van der Waals surface area contributed by atoms with Crippen LogP contribution in [-0.2, 0) is 17.8 Å². The lowest BCUT2D eigenvalue weighted by molar-refractivity contribution is -0.117. The number of amides is 1. The van der Waals surface area contributed by atoms with Crippen molar-refractivity contribution in [3.63, 3.8) is 0 Å². The van der Waals surface area contributed by atoms with E-state index in [0.717, 1.165) is 22.0 Å². The number of carbonyl (C=O) groups is 1. The van der Waals surface area contributed by atoms with Crippen molar-refractivity contribution in [2.75, 3.05) is 0 Å². The molecule has 106 valence electrons. The Labute approximate surface area is 121 Å². The summed E-state index contributed by atoms with van der Waals surface area (Å²) in [6, 6.07) is 14.3. The Morgan fingerprint density at radius 2 is 1.81 bits per heavy atom. The lowest BCUT2D eigenvalue weighted by atomic mass is 10.1. The molecule has 1 aromatic heterocycles. The summed E-state index contributed by atoms with van der Waals surface area (Å²) in [7, 11) is 0. The quantitative estimate of drug-likeness (QED) is 0.786. The number of carbonyl (C=O) groups excluding carboxylic acids is 1. The maximum Gasteiger partial charge on any atom is 0.221 e. The number of nitrogens with zero attached hydrogens (tertiary/aromatic N) is 1. The van der Waals surface area contributed by atoms with Crippen LogP contribution >= 0.6 is 0 Å². The van der Waals surface area contributed by atoms with Crippen LogP contribution < -0.4 is 5.73 Å². The Morgan fingerprint density at radius 1 is 1.10 bits per heavy atom. The predicted molar refractivity (Wildman–Crippen MR) is 80.3 cm³/mol. The molecule has 0 saturated heterocycles. The van der Waals surface area contributed by atoms with Gasteiger partial charge in [0.25, 0.3) is 0 Å². The van der Waals surface area contributed by atoms with Gasteiger partial charge in [0.15, 0.2) is 0 Å². The molecule has 0 aliphatic carbocycles. The highest BCUT2D eigenvalue weighted by atomic mass is 19.1. The molecule has 21 heavy (non-hydrogen) atoms. The molecular weight excluding hydrogens is 267 g/mol. The maximum atomic E-state index is 13.0. The molecule has 3 nitrogen and oxygen atoms in total. The molecule has 0 spiro atoms. The second-order valence-corrected chi connectivity index (χ2v) is 5.07. The monoisotopic (exact) mass is 282 g/mol. The first kappa shape index (κ1) is 13.4. The molecule has 0 radical (unpaired) electrons. The van der Waals surface area contributed by atoms with E-state index in [0.29, 0.717) is 6.54 Å². The SMILES string of the molecule is NC(=O)Cc1cn(Cc2ccc(F)cc2)c2ccccc12. The average Bonchev–Trinajstić information content (AvgIpc) is 2.79. The van der Waals surface area contributed by atoms with Crippen molar-refractivity contribution in [1.82, 2.24) is 4.57 Å². The number of benzene rings is 2. The molecule has 0 unspecified atom stereocenters. The highest BCUT2D eigenvalue weighted by Gasteiger charge is 2.10. The van der Waals surface area contributed by atoms with E-state index in [1.54, 1.807) is 12.1 Å². The van der Waals surface area contributed by atoms with E-state index < -0.39 is 0 Å². The van der Waals surface area contributed by atoms with Crippen LogP contribution in [0.1, 0.15) is 11.1 Å². The molecule has 0 aliphatic heterocycles. The van der Waals surface area contributed by atoms with E-state index in [-0.39, 0.29) is 18.1 Å². The van der Waals surface area contributed by atoms with Gasteiger partial charge in [-0.15, -0.1) is 0 Å². The van der Waals surface area contributed by atoms with Gasteiger partial charge in [-0.05, 0) is 29.3 Å². The molecule has 0 atom stereocenters. The first-order valence-electron chi connectivity index (χ1n) is 6.73. The van der Waals surface area contributed by atoms with E-state index >= 15 is 0 Å². The predicted octanol–water partition coefficient (Wildman–Crippen LogP) is 2.86. The summed E-state index contributed by atoms with van der Waals surface area (Å²) in [5, 5.41) is 1.03. The topological polar surface area (TPSA) is 48.0 Å². The number of aromatic nitrogens is 1. The van der Waals surface area contributed by atoms with Gasteiger partial charge in [0.05, 0.1) is 6.42 Å². The third kappa shape index (κ3) is 2.79. The molecule has 0 aliphatic rings. The Kier molecular flexibility index (Phi) is 3.44. The molecule has 3 aromatic rings. The molecule has 1 heterocycles. The first-order chi connectivity index (χ1) is 10.1. The summed E-state index contributed by atoms with van der Waals surface area (Å²) in [4.78, 5) is 11.2. The fourth-order valence-corrected chi connectivity index (χ4v) is 2.57. The molecular formula is C17H15FN2O. The number of hydrogen-bond donors (Lipinski definition) is 1. The molecule has 2 N–H and O–H groups in total. The Balaban J connectivity index is 2.01. The van der Waals surface area contributed by atoms with Gasteiger partial charge in [-0.1, -0.05) is 30.3 Å². The zero-order valence-corrected chi connectivity index (χ0v) is 11.4. The van der Waals surface area contributed by atoms with E-state index in [9.17, 15) is 9.18 Å². The molecule has 0 bridgehead atoms. The Bertz CT molecular complexity index is 790. The molecule has 3 rings (SSSR count). The van der Waals surface area contributed by atoms with Gasteiger partial charge >= 0.3 is 0 Å². The molecule has 1 amide bonds. The minimum absolute atomic E-state index is 0.219. The number of halogens is 1. The van der Waals surface area contributed by atoms with Crippen LogP contribution in [0.25, 0.3) is 10.9 Å². The Morgan fingerprint density at radius 3 is 2.52 bits per heavy atom. The van der Waals surface area contributed by atoms with Crippen LogP contribution in [0, 0.1) is 5.82 Å². The van der Waals surface area contributed by atoms with Crippen LogP contribution in [0.2, 0.25) is 0 Å². The third-order valence-corrected chi connectivity index (χ3v) is 3.50. The van der Waals surface area contributed by atoms with Crippen molar-refractivity contribution in [3.05, 3.63) is 71.7 Å². The van der Waals surface area contributed by atoms with Crippen molar-refractivity contribution in [1.29, 1.82) is 0 Å². The largest absolute Gasteiger partial charge is 0.369 e. The number of hydrogen-bond acceptors (Lipinski definition) is 1. The van der Waals surface area contributed by atoms with Crippen molar-refractivity contribution in [3.8, 4) is 0 Å². The zero-order valence-electron chi connectivity index (χ0n) is 11.4. The lowest BCUT2D eigenvalue weighted by Crippen LogP contribution is -2.13. The average molecular weight is 282 g/mol. The number of para-hydroxylation sites is 1. The molecule has 2 aromatic carbocycles. The number of fused-ring (bicyclic) bond motifs is 1. The molecule has 0 saturated carbocycles. The number of primary amides is 1. The van der Waals surface area contributed by atoms with Gasteiger partial charge in [0.1, 0.15) is 5.82 Å². The summed E-state index contributed by atoms with van der Waals surface area (Å²) in [6.45, 7) is 0.625. The highest BCUT2D eigenvalue weighted by molar-refractivity contribution is 5.88. The number of rotatable bonds is 4. The van der Waals surface area contributed by atoms with Crippen molar-refractivity contribution in [2.45, 2.75) is 13.0 Å². The van der Waals surface area contributed by atoms with Gasteiger partial charge in [0.2, 0.25) is 5.91 Å². The second-order valence-electron chi connectivity index (χ2n) is 5.07. The van der Waals surface area contributed by atoms with Crippen LogP contribution in [0.3, 0.4) is 0 Å². The number of nitrogens with two attached hydrogens (primary N) is 1. The molecule has 0 fully saturated rings. The zero-order chi connectivity index (χ0) is 14.8. The van der Waals surface area contributed by atoms with Gasteiger partial charge in [0, 0.05) is 23.6 Å². The van der Waals surface area contributed by atoms with Crippen LogP contribution in [0.5, 0.6) is 0 Å². The summed E-state index contributed by atoms with van der Waals surface area (Å²) in [5.41, 5.74) is 8.26. The second kappa shape index (κ2) is 5.40. The van der Waals surface area contributed by atoms with Crippen molar-refractivity contribution < 1.29 is 9.18 Å². The summed E-state index contributed by atoms with van der Waals surface area (Å²) >= 11 is 0. The minimum Gasteiger partial charge on any atom is -0.369 e. The highest BCUT2D eigenvalue weighted by Crippen LogP contribution is 2.22. The van der Waals surface area contributed by atoms with Gasteiger partial charge in [-0.3, -0.25) is 4.79 Å². The summed E-state index contributed by atoms with van der Waals surface area (Å²) in [6.07, 6.45) is 2.16. The standard InChI is InChI=1S/C17H15FN2O/c18-14-7-5-12(6-8-14)10-20-11-13(9-17(19)21)15-3-1-2-4-16(15)20/h1-8,11H,9-10H2,(H2,19,21). The van der Waals surface area contributed by atoms with Gasteiger partial charge in [-0.25, -0.2) is 4.39 Å². The van der Waals surface area contributed by atoms with Crippen molar-refractivity contribution in [2.24, 2.45) is 5.73 Å². The van der Waals surface area contributed by atoms with E-state index in [2.05, 4.69) is 4.57 Å². The van der Waals surface area contributed by atoms with E-state index in [1.807, 2.05) is 30.5 Å². The summed E-state index contributed by atoms with van der Waals surface area (Å²) < 4.78 is 15.0. The first-order valence-corrected chi connectivity index (χ1v) is 6.73. The molecule has 4 heteroatoms. The summed E-state index contributed by atoms with van der Waals surface area (Å²) in [5.74, 6) is -0.592. The van der Waals surface area contributed by atoms with E-state index in [1.165, 1.54) is 12.1 Å². The minimum atomic E-state index is -0.348. The van der Waals surface area contributed by atoms with Gasteiger partial charge < -0.3 is 10.3 Å².